The van der Waals surface area contributed by atoms with Crippen LogP contribution >= 0.6 is 23.1 Å². The minimum atomic E-state index is -1.02. The number of carbonyl (C=O) groups is 3. The van der Waals surface area contributed by atoms with Crippen LogP contribution in [0.4, 0.5) is 0 Å². The maximum absolute atomic E-state index is 13.3. The number of amides is 2. The minimum Gasteiger partial charge on any atom is -0.496 e. The van der Waals surface area contributed by atoms with Crippen molar-refractivity contribution in [3.63, 3.8) is 0 Å². The third-order valence-electron chi connectivity index (χ3n) is 7.84. The molecule has 10 heteroatoms. The smallest absolute Gasteiger partial charge is 0.305 e. The zero-order chi connectivity index (χ0) is 23.0. The first kappa shape index (κ1) is 21.0. The number of thioether (sulfide) groups is 1. The van der Waals surface area contributed by atoms with E-state index in [9.17, 15) is 19.2 Å². The molecule has 33 heavy (non-hydrogen) atoms. The van der Waals surface area contributed by atoms with Crippen molar-refractivity contribution < 1.29 is 24.2 Å². The number of aliphatic carboxylic acids is 1. The first-order valence-electron chi connectivity index (χ1n) is 11.0. The molecule has 172 valence electrons. The molecule has 0 spiro atoms. The van der Waals surface area contributed by atoms with Gasteiger partial charge in [-0.3, -0.25) is 24.1 Å². The van der Waals surface area contributed by atoms with Gasteiger partial charge in [0.2, 0.25) is 11.8 Å². The Morgan fingerprint density at radius 2 is 1.91 bits per heavy atom. The number of carboxylic acids is 1. The number of aromatic amines is 1. The number of ether oxygens (including phenoxy) is 1. The van der Waals surface area contributed by atoms with Crippen molar-refractivity contribution >= 4 is 40.9 Å². The number of likely N-dealkylation sites (tertiary alicyclic amines) is 1. The van der Waals surface area contributed by atoms with Crippen LogP contribution in [0.1, 0.15) is 29.2 Å². The predicted octanol–water partition coefficient (Wildman–Crippen LogP) is 2.39. The third kappa shape index (κ3) is 2.89. The summed E-state index contributed by atoms with van der Waals surface area (Å²) in [5, 5.41) is 10.0. The average Bonchev–Trinajstić information content (AvgIpc) is 3.51. The molecule has 2 saturated carbocycles. The predicted molar refractivity (Wildman–Crippen MR) is 120 cm³/mol. The summed E-state index contributed by atoms with van der Waals surface area (Å²) in [4.78, 5) is 54.9. The Labute approximate surface area is 197 Å². The number of hydrogen-bond donors (Lipinski definition) is 2. The Bertz CT molecular complexity index is 1240. The normalized spacial score (nSPS) is 33.7. The van der Waals surface area contributed by atoms with Crippen LogP contribution in [0.5, 0.6) is 5.75 Å². The molecule has 2 amide bonds. The van der Waals surface area contributed by atoms with Crippen molar-refractivity contribution in [3.05, 3.63) is 44.4 Å². The number of imide groups is 1. The Morgan fingerprint density at radius 1 is 1.18 bits per heavy atom. The van der Waals surface area contributed by atoms with Crippen molar-refractivity contribution in [1.29, 1.82) is 0 Å². The Hall–Kier alpha value is -2.59. The molecule has 7 atom stereocenters. The van der Waals surface area contributed by atoms with Gasteiger partial charge in [0.1, 0.15) is 5.75 Å². The van der Waals surface area contributed by atoms with Crippen LogP contribution in [-0.4, -0.2) is 51.7 Å². The van der Waals surface area contributed by atoms with Gasteiger partial charge in [-0.05, 0) is 30.2 Å². The van der Waals surface area contributed by atoms with E-state index in [1.165, 1.54) is 16.2 Å². The summed E-state index contributed by atoms with van der Waals surface area (Å²) < 4.78 is 5.67. The van der Waals surface area contributed by atoms with Gasteiger partial charge in [0.05, 0.1) is 30.4 Å². The lowest BCUT2D eigenvalue weighted by Gasteiger charge is -2.43. The monoisotopic (exact) mass is 486 g/mol. The summed E-state index contributed by atoms with van der Waals surface area (Å²) in [6, 6.07) is 7.80. The van der Waals surface area contributed by atoms with Gasteiger partial charge < -0.3 is 14.8 Å². The summed E-state index contributed by atoms with van der Waals surface area (Å²) in [7, 11) is 1.63. The maximum Gasteiger partial charge on any atom is 0.305 e. The second kappa shape index (κ2) is 7.46. The summed E-state index contributed by atoms with van der Waals surface area (Å²) in [6.45, 7) is -0.0709. The van der Waals surface area contributed by atoms with Crippen molar-refractivity contribution in [2.75, 3.05) is 13.7 Å². The summed E-state index contributed by atoms with van der Waals surface area (Å²) in [6.07, 6.45) is 0.558. The molecule has 1 aromatic heterocycles. The fourth-order valence-electron chi connectivity index (χ4n) is 6.78. The van der Waals surface area contributed by atoms with Crippen LogP contribution in [0.15, 0.2) is 34.1 Å². The van der Waals surface area contributed by atoms with Gasteiger partial charge in [-0.15, -0.1) is 11.8 Å². The van der Waals surface area contributed by atoms with Crippen LogP contribution in [0.2, 0.25) is 0 Å². The van der Waals surface area contributed by atoms with Crippen LogP contribution in [0.25, 0.3) is 0 Å². The van der Waals surface area contributed by atoms with Crippen LogP contribution in [0, 0.1) is 29.6 Å². The maximum atomic E-state index is 13.3. The molecule has 8 nitrogen and oxygen atoms in total. The Morgan fingerprint density at radius 3 is 2.64 bits per heavy atom. The topological polar surface area (TPSA) is 117 Å². The number of rotatable bonds is 5. The lowest BCUT2D eigenvalue weighted by atomic mass is 9.68. The standard InChI is InChI=1S/C23H22N2O6S2/c1-31-12-5-3-2-4-9(12)14-15-10-8-11(18(15)32-20-19(14)33-23(30)24-20)17-16(10)21(28)25(22(17)29)7-6-13(26)27/h2-5,10-11,14-18H,6-8H2,1H3,(H,24,30)(H,26,27)/t10-,11+,14-,15-,16+,17-,18-/m1/s1. The highest BCUT2D eigenvalue weighted by Gasteiger charge is 2.69. The molecule has 2 bridgehead atoms. The van der Waals surface area contributed by atoms with Gasteiger partial charge in [-0.25, -0.2) is 0 Å². The summed E-state index contributed by atoms with van der Waals surface area (Å²) in [5.41, 5.74) is 0.996. The second-order valence-corrected chi connectivity index (χ2v) is 11.4. The second-order valence-electron chi connectivity index (χ2n) is 9.17. The van der Waals surface area contributed by atoms with Crippen molar-refractivity contribution in [2.24, 2.45) is 29.6 Å². The molecule has 3 heterocycles. The molecule has 2 N–H and O–H groups in total. The number of para-hydroxylation sites is 1. The number of methoxy groups -OCH3 is 1. The van der Waals surface area contributed by atoms with Gasteiger partial charge in [-0.2, -0.15) is 0 Å². The van der Waals surface area contributed by atoms with Crippen molar-refractivity contribution in [2.45, 2.75) is 29.0 Å². The number of thiazole rings is 1. The molecular formula is C23H22N2O6S2. The zero-order valence-corrected chi connectivity index (χ0v) is 19.4. The van der Waals surface area contributed by atoms with E-state index in [0.717, 1.165) is 27.6 Å². The van der Waals surface area contributed by atoms with Gasteiger partial charge in [-0.1, -0.05) is 29.5 Å². The lowest BCUT2D eigenvalue weighted by Crippen LogP contribution is -2.42. The number of H-pyrrole nitrogens is 1. The van der Waals surface area contributed by atoms with E-state index in [0.29, 0.717) is 0 Å². The molecule has 2 aliphatic heterocycles. The molecule has 1 aromatic carbocycles. The van der Waals surface area contributed by atoms with Gasteiger partial charge >= 0.3 is 10.8 Å². The van der Waals surface area contributed by atoms with Gasteiger partial charge in [0.15, 0.2) is 0 Å². The zero-order valence-electron chi connectivity index (χ0n) is 17.7. The lowest BCUT2D eigenvalue weighted by molar-refractivity contribution is -0.142. The first-order valence-corrected chi connectivity index (χ1v) is 12.7. The highest BCUT2D eigenvalue weighted by molar-refractivity contribution is 8.00. The fraction of sp³-hybridized carbons (Fsp3) is 0.478. The number of hydrogen-bond acceptors (Lipinski definition) is 7. The molecule has 0 unspecified atom stereocenters. The van der Waals surface area contributed by atoms with Gasteiger partial charge in [0, 0.05) is 28.2 Å². The van der Waals surface area contributed by atoms with E-state index in [1.807, 2.05) is 24.3 Å². The number of benzene rings is 1. The van der Waals surface area contributed by atoms with Crippen LogP contribution in [-0.2, 0) is 14.4 Å². The van der Waals surface area contributed by atoms with Crippen molar-refractivity contribution in [1.82, 2.24) is 9.88 Å². The van der Waals surface area contributed by atoms with E-state index >= 15 is 0 Å². The van der Waals surface area contributed by atoms with E-state index < -0.39 is 17.8 Å². The van der Waals surface area contributed by atoms with E-state index in [-0.39, 0.29) is 58.6 Å². The van der Waals surface area contributed by atoms with E-state index in [2.05, 4.69) is 4.98 Å². The molecule has 3 fully saturated rings. The Kier molecular flexibility index (Phi) is 4.74. The molecule has 0 radical (unpaired) electrons. The molecule has 2 aliphatic carbocycles. The summed E-state index contributed by atoms with van der Waals surface area (Å²) in [5.74, 6) is -1.51. The molecule has 6 rings (SSSR count). The van der Waals surface area contributed by atoms with Crippen molar-refractivity contribution in [3.8, 4) is 5.75 Å². The molecular weight excluding hydrogens is 464 g/mol. The number of aromatic nitrogens is 1. The Balaban J connectivity index is 1.43. The number of nitrogens with one attached hydrogen (secondary N) is 1. The van der Waals surface area contributed by atoms with E-state index in [4.69, 9.17) is 9.84 Å². The average molecular weight is 487 g/mol. The summed E-state index contributed by atoms with van der Waals surface area (Å²) >= 11 is 2.85. The fourth-order valence-corrected chi connectivity index (χ4v) is 9.66. The van der Waals surface area contributed by atoms with E-state index in [1.54, 1.807) is 18.9 Å². The number of nitrogens with zero attached hydrogens (tertiary/aromatic N) is 1. The third-order valence-corrected chi connectivity index (χ3v) is 10.4. The minimum absolute atomic E-state index is 0.00374. The SMILES string of the molecule is COc1ccccc1[C@H]1c2sc(=O)[nH]c2S[C@@H]2[C@H]3C[C@@H]([C@@H]4C(=O)N(CCC(=O)O)C(=O)[C@H]34)[C@H]12. The number of carbonyl (C=O) groups excluding carboxylic acids is 2. The van der Waals surface area contributed by atoms with Gasteiger partial charge in [0.25, 0.3) is 0 Å². The molecule has 1 saturated heterocycles. The largest absolute Gasteiger partial charge is 0.496 e. The number of carboxylic acid groups (broad SMARTS) is 1. The first-order chi connectivity index (χ1) is 15.9. The quantitative estimate of drug-likeness (QED) is 0.623. The highest BCUT2D eigenvalue weighted by Crippen LogP contribution is 2.68. The molecule has 2 aromatic rings. The number of fused-ring (bicyclic) bond motifs is 9. The highest BCUT2D eigenvalue weighted by atomic mass is 32.2. The van der Waals surface area contributed by atoms with Crippen LogP contribution in [0.3, 0.4) is 0 Å². The van der Waals surface area contributed by atoms with Crippen LogP contribution < -0.4 is 9.61 Å². The molecule has 4 aliphatic rings.